The summed E-state index contributed by atoms with van der Waals surface area (Å²) in [5, 5.41) is 3.65. The predicted octanol–water partition coefficient (Wildman–Crippen LogP) is 3.25. The molecule has 4 heterocycles. The van der Waals surface area contributed by atoms with E-state index in [0.717, 1.165) is 30.3 Å². The highest BCUT2D eigenvalue weighted by Gasteiger charge is 2.27. The lowest BCUT2D eigenvalue weighted by atomic mass is 10.1. The molecule has 3 aromatic heterocycles. The van der Waals surface area contributed by atoms with Crippen molar-refractivity contribution in [3.8, 4) is 0 Å². The molecular weight excluding hydrogens is 392 g/mol. The summed E-state index contributed by atoms with van der Waals surface area (Å²) in [6.07, 6.45) is 2.39. The van der Waals surface area contributed by atoms with Gasteiger partial charge in [-0.1, -0.05) is 18.5 Å². The molecule has 1 saturated heterocycles. The van der Waals surface area contributed by atoms with Gasteiger partial charge in [-0.2, -0.15) is 0 Å². The second kappa shape index (κ2) is 8.57. The molecule has 0 saturated carbocycles. The summed E-state index contributed by atoms with van der Waals surface area (Å²) in [6.45, 7) is 7.29. The second-order valence-electron chi connectivity index (χ2n) is 7.16. The first-order valence-electron chi connectivity index (χ1n) is 9.89. The Morgan fingerprint density at radius 3 is 2.76 bits per heavy atom. The number of carbonyl (C=O) groups is 1. The van der Waals surface area contributed by atoms with E-state index in [9.17, 15) is 4.79 Å². The molecule has 1 amide bonds. The van der Waals surface area contributed by atoms with Crippen LogP contribution in [-0.2, 0) is 11.2 Å². The largest absolute Gasteiger partial charge is 0.465 e. The fraction of sp³-hybridized carbons (Fsp3) is 0.429. The van der Waals surface area contributed by atoms with Crippen LogP contribution in [0.5, 0.6) is 0 Å². The topological polar surface area (TPSA) is 72.0 Å². The fourth-order valence-electron chi connectivity index (χ4n) is 3.76. The minimum atomic E-state index is -0.168. The van der Waals surface area contributed by atoms with Crippen molar-refractivity contribution in [2.75, 3.05) is 32.8 Å². The normalized spacial score (nSPS) is 16.2. The zero-order valence-corrected chi connectivity index (χ0v) is 17.4. The van der Waals surface area contributed by atoms with Crippen molar-refractivity contribution >= 4 is 23.2 Å². The molecule has 8 heteroatoms. The van der Waals surface area contributed by atoms with Crippen LogP contribution >= 0.6 is 11.6 Å². The van der Waals surface area contributed by atoms with Crippen molar-refractivity contribution in [1.29, 1.82) is 0 Å². The number of ether oxygens (including phenoxy) is 1. The Hall–Kier alpha value is -2.35. The highest BCUT2D eigenvalue weighted by atomic mass is 35.5. The fourth-order valence-corrected chi connectivity index (χ4v) is 3.92. The van der Waals surface area contributed by atoms with Crippen molar-refractivity contribution in [1.82, 2.24) is 19.6 Å². The Labute approximate surface area is 174 Å². The van der Waals surface area contributed by atoms with Crippen LogP contribution in [0.1, 0.15) is 40.7 Å². The number of amides is 1. The van der Waals surface area contributed by atoms with Gasteiger partial charge in [0.2, 0.25) is 0 Å². The molecule has 4 rings (SSSR count). The average Bonchev–Trinajstić information content (AvgIpc) is 3.31. The molecule has 7 nitrogen and oxygen atoms in total. The van der Waals surface area contributed by atoms with E-state index in [-0.39, 0.29) is 11.9 Å². The Morgan fingerprint density at radius 1 is 1.28 bits per heavy atom. The van der Waals surface area contributed by atoms with Gasteiger partial charge in [-0.25, -0.2) is 4.98 Å². The van der Waals surface area contributed by atoms with Gasteiger partial charge in [0.15, 0.2) is 0 Å². The average molecular weight is 417 g/mol. The van der Waals surface area contributed by atoms with Gasteiger partial charge in [0.25, 0.3) is 5.91 Å². The van der Waals surface area contributed by atoms with E-state index >= 15 is 0 Å². The van der Waals surface area contributed by atoms with Gasteiger partial charge in [0, 0.05) is 25.8 Å². The quantitative estimate of drug-likeness (QED) is 0.667. The van der Waals surface area contributed by atoms with Crippen molar-refractivity contribution in [2.45, 2.75) is 26.3 Å². The lowest BCUT2D eigenvalue weighted by Gasteiger charge is -2.33. The first-order chi connectivity index (χ1) is 14.1. The maximum atomic E-state index is 13.1. The van der Waals surface area contributed by atoms with Crippen molar-refractivity contribution in [3.63, 3.8) is 0 Å². The molecule has 0 spiro atoms. The van der Waals surface area contributed by atoms with Crippen molar-refractivity contribution < 1.29 is 13.9 Å². The van der Waals surface area contributed by atoms with Gasteiger partial charge in [-0.3, -0.25) is 14.1 Å². The van der Waals surface area contributed by atoms with E-state index in [2.05, 4.69) is 15.2 Å². The van der Waals surface area contributed by atoms with Gasteiger partial charge in [-0.15, -0.1) is 0 Å². The van der Waals surface area contributed by atoms with Crippen molar-refractivity contribution in [3.05, 3.63) is 58.4 Å². The van der Waals surface area contributed by atoms with Crippen LogP contribution in [0, 0.1) is 6.92 Å². The van der Waals surface area contributed by atoms with Gasteiger partial charge >= 0.3 is 0 Å². The summed E-state index contributed by atoms with van der Waals surface area (Å²) in [6, 6.07) is 7.47. The molecule has 0 bridgehead atoms. The number of halogens is 1. The highest BCUT2D eigenvalue weighted by Crippen LogP contribution is 2.24. The first kappa shape index (κ1) is 19.9. The third-order valence-corrected chi connectivity index (χ3v) is 5.46. The summed E-state index contributed by atoms with van der Waals surface area (Å²) in [5.41, 5.74) is 1.99. The lowest BCUT2D eigenvalue weighted by Crippen LogP contribution is -2.44. The molecule has 1 N–H and O–H groups in total. The Bertz CT molecular complexity index is 1010. The third-order valence-electron chi connectivity index (χ3n) is 5.24. The minimum Gasteiger partial charge on any atom is -0.465 e. The molecule has 1 aliphatic rings. The number of hydrogen-bond acceptors (Lipinski definition) is 5. The van der Waals surface area contributed by atoms with Gasteiger partial charge in [-0.05, 0) is 37.6 Å². The third kappa shape index (κ3) is 4.17. The molecule has 3 aromatic rings. The van der Waals surface area contributed by atoms with Crippen molar-refractivity contribution in [2.24, 2.45) is 0 Å². The molecule has 1 aliphatic heterocycles. The lowest BCUT2D eigenvalue weighted by molar-refractivity contribution is 0.0116. The molecule has 0 radical (unpaired) electrons. The van der Waals surface area contributed by atoms with Gasteiger partial charge in [0.05, 0.1) is 30.0 Å². The molecule has 154 valence electrons. The number of aryl methyl sites for hydroxylation is 2. The highest BCUT2D eigenvalue weighted by molar-refractivity contribution is 6.30. The second-order valence-corrected chi connectivity index (χ2v) is 7.60. The number of morpholine rings is 1. The van der Waals surface area contributed by atoms with Crippen LogP contribution in [0.4, 0.5) is 0 Å². The smallest absolute Gasteiger partial charge is 0.270 e. The predicted molar refractivity (Wildman–Crippen MR) is 110 cm³/mol. The van der Waals surface area contributed by atoms with E-state index in [0.29, 0.717) is 42.5 Å². The van der Waals surface area contributed by atoms with Gasteiger partial charge < -0.3 is 14.5 Å². The first-order valence-corrected chi connectivity index (χ1v) is 10.3. The molecule has 1 unspecified atom stereocenters. The number of aromatic nitrogens is 2. The zero-order chi connectivity index (χ0) is 20.4. The summed E-state index contributed by atoms with van der Waals surface area (Å²) in [4.78, 5) is 20.0. The standard InChI is InChI=1S/C21H25ClN4O3/c1-3-16-20(26-13-15(22)5-7-19(26)24-16)21(27)23-12-17(18-6-4-14(2)29-18)25-8-10-28-11-9-25/h4-7,13,17H,3,8-12H2,1-2H3,(H,23,27). The van der Waals surface area contributed by atoms with E-state index in [1.165, 1.54) is 0 Å². The Kier molecular flexibility index (Phi) is 5.89. The van der Waals surface area contributed by atoms with Crippen LogP contribution < -0.4 is 5.32 Å². The van der Waals surface area contributed by atoms with Crippen LogP contribution in [0.3, 0.4) is 0 Å². The summed E-state index contributed by atoms with van der Waals surface area (Å²) < 4.78 is 13.1. The SMILES string of the molecule is CCc1nc2ccc(Cl)cn2c1C(=O)NCC(c1ccc(C)o1)N1CCOCC1. The number of nitrogens with zero attached hydrogens (tertiary/aromatic N) is 3. The van der Waals surface area contributed by atoms with Gasteiger partial charge in [0.1, 0.15) is 22.9 Å². The summed E-state index contributed by atoms with van der Waals surface area (Å²) >= 11 is 6.15. The Balaban J connectivity index is 1.58. The molecular formula is C21H25ClN4O3. The number of hydrogen-bond donors (Lipinski definition) is 1. The zero-order valence-electron chi connectivity index (χ0n) is 16.7. The molecule has 29 heavy (non-hydrogen) atoms. The maximum Gasteiger partial charge on any atom is 0.270 e. The summed E-state index contributed by atoms with van der Waals surface area (Å²) in [7, 11) is 0. The van der Waals surface area contributed by atoms with Crippen LogP contribution in [0.15, 0.2) is 34.9 Å². The summed E-state index contributed by atoms with van der Waals surface area (Å²) in [5.74, 6) is 1.54. The molecule has 0 aliphatic carbocycles. The number of carbonyl (C=O) groups excluding carboxylic acids is 1. The van der Waals surface area contributed by atoms with Crippen LogP contribution in [0.25, 0.3) is 5.65 Å². The number of nitrogens with one attached hydrogen (secondary N) is 1. The van der Waals surface area contributed by atoms with Crippen LogP contribution in [-0.4, -0.2) is 53.0 Å². The number of imidazole rings is 1. The Morgan fingerprint density at radius 2 is 2.07 bits per heavy atom. The molecule has 1 atom stereocenters. The van der Waals surface area contributed by atoms with E-state index in [4.69, 9.17) is 20.8 Å². The number of pyridine rings is 1. The van der Waals surface area contributed by atoms with E-state index < -0.39 is 0 Å². The number of furan rings is 1. The monoisotopic (exact) mass is 416 g/mol. The maximum absolute atomic E-state index is 13.1. The van der Waals surface area contributed by atoms with E-state index in [1.807, 2.05) is 32.0 Å². The molecule has 0 aromatic carbocycles. The minimum absolute atomic E-state index is 0.0515. The van der Waals surface area contributed by atoms with Crippen LogP contribution in [0.2, 0.25) is 5.02 Å². The van der Waals surface area contributed by atoms with E-state index in [1.54, 1.807) is 16.7 Å². The number of fused-ring (bicyclic) bond motifs is 1. The molecule has 1 fully saturated rings. The number of rotatable bonds is 6.